The Morgan fingerprint density at radius 1 is 1.20 bits per heavy atom. The van der Waals surface area contributed by atoms with E-state index in [2.05, 4.69) is 4.98 Å². The Balaban J connectivity index is 2.89. The van der Waals surface area contributed by atoms with Gasteiger partial charge in [-0.3, -0.25) is 4.98 Å². The molecule has 0 N–H and O–H groups in total. The van der Waals surface area contributed by atoms with Gasteiger partial charge in [0.1, 0.15) is 5.75 Å². The standard InChI is InChI=1S/C11H9Cl2NO/c1-6-3-10(15-2)8-4-7(12)5-9(13)11(8)14-6/h3-5H,1-2H3. The van der Waals surface area contributed by atoms with Gasteiger partial charge < -0.3 is 4.74 Å². The second kappa shape index (κ2) is 3.87. The van der Waals surface area contributed by atoms with E-state index in [9.17, 15) is 0 Å². The van der Waals surface area contributed by atoms with E-state index >= 15 is 0 Å². The van der Waals surface area contributed by atoms with Crippen LogP contribution in [0.1, 0.15) is 5.69 Å². The molecule has 2 rings (SSSR count). The van der Waals surface area contributed by atoms with Crippen LogP contribution in [0.2, 0.25) is 10.0 Å². The van der Waals surface area contributed by atoms with Crippen LogP contribution in [0, 0.1) is 6.92 Å². The van der Waals surface area contributed by atoms with Gasteiger partial charge in [-0.05, 0) is 19.1 Å². The van der Waals surface area contributed by atoms with Gasteiger partial charge in [-0.15, -0.1) is 0 Å². The van der Waals surface area contributed by atoms with Crippen molar-refractivity contribution in [3.8, 4) is 5.75 Å². The maximum Gasteiger partial charge on any atom is 0.130 e. The van der Waals surface area contributed by atoms with Crippen LogP contribution in [0.15, 0.2) is 18.2 Å². The predicted octanol–water partition coefficient (Wildman–Crippen LogP) is 3.86. The second-order valence-electron chi connectivity index (χ2n) is 3.25. The van der Waals surface area contributed by atoms with Gasteiger partial charge in [-0.1, -0.05) is 23.2 Å². The summed E-state index contributed by atoms with van der Waals surface area (Å²) in [5, 5.41) is 1.96. The minimum atomic E-state index is 0.541. The monoisotopic (exact) mass is 241 g/mol. The number of ether oxygens (including phenoxy) is 1. The molecule has 1 heterocycles. The van der Waals surface area contributed by atoms with Crippen LogP contribution in [0.5, 0.6) is 5.75 Å². The summed E-state index contributed by atoms with van der Waals surface area (Å²) in [6, 6.07) is 5.33. The van der Waals surface area contributed by atoms with Crippen molar-refractivity contribution in [2.75, 3.05) is 7.11 Å². The molecule has 0 aliphatic carbocycles. The number of benzene rings is 1. The molecule has 2 aromatic rings. The molecule has 2 nitrogen and oxygen atoms in total. The van der Waals surface area contributed by atoms with Crippen molar-refractivity contribution in [1.29, 1.82) is 0 Å². The van der Waals surface area contributed by atoms with Crippen molar-refractivity contribution in [2.24, 2.45) is 0 Å². The number of halogens is 2. The van der Waals surface area contributed by atoms with Crippen molar-refractivity contribution >= 4 is 34.1 Å². The molecule has 0 amide bonds. The lowest BCUT2D eigenvalue weighted by Gasteiger charge is -2.08. The lowest BCUT2D eigenvalue weighted by molar-refractivity contribution is 0.419. The lowest BCUT2D eigenvalue weighted by atomic mass is 10.2. The van der Waals surface area contributed by atoms with E-state index < -0.39 is 0 Å². The molecule has 0 saturated heterocycles. The first-order valence-corrected chi connectivity index (χ1v) is 5.18. The Morgan fingerprint density at radius 3 is 2.60 bits per heavy atom. The van der Waals surface area contributed by atoms with E-state index in [1.807, 2.05) is 13.0 Å². The zero-order valence-electron chi connectivity index (χ0n) is 8.34. The Hall–Kier alpha value is -0.990. The third-order valence-electron chi connectivity index (χ3n) is 2.14. The molecular weight excluding hydrogens is 233 g/mol. The molecule has 0 fully saturated rings. The molecule has 1 aromatic heterocycles. The number of methoxy groups -OCH3 is 1. The molecule has 0 radical (unpaired) electrons. The van der Waals surface area contributed by atoms with Crippen molar-refractivity contribution in [1.82, 2.24) is 4.98 Å². The number of hydrogen-bond donors (Lipinski definition) is 0. The highest BCUT2D eigenvalue weighted by atomic mass is 35.5. The largest absolute Gasteiger partial charge is 0.496 e. The minimum Gasteiger partial charge on any atom is -0.496 e. The summed E-state index contributed by atoms with van der Waals surface area (Å²) in [5.74, 6) is 0.738. The lowest BCUT2D eigenvalue weighted by Crippen LogP contribution is -1.91. The summed E-state index contributed by atoms with van der Waals surface area (Å²) in [5.41, 5.74) is 1.58. The summed E-state index contributed by atoms with van der Waals surface area (Å²) >= 11 is 12.0. The number of hydrogen-bond acceptors (Lipinski definition) is 2. The molecule has 0 spiro atoms. The van der Waals surface area contributed by atoms with Crippen LogP contribution in [0.4, 0.5) is 0 Å². The molecule has 0 aliphatic heterocycles. The number of fused-ring (bicyclic) bond motifs is 1. The first-order valence-electron chi connectivity index (χ1n) is 4.42. The van der Waals surface area contributed by atoms with Gasteiger partial charge in [0, 0.05) is 22.2 Å². The molecule has 15 heavy (non-hydrogen) atoms. The van der Waals surface area contributed by atoms with Gasteiger partial charge in [0.15, 0.2) is 0 Å². The van der Waals surface area contributed by atoms with Crippen molar-refractivity contribution < 1.29 is 4.74 Å². The minimum absolute atomic E-state index is 0.541. The summed E-state index contributed by atoms with van der Waals surface area (Å²) < 4.78 is 5.26. The fourth-order valence-electron chi connectivity index (χ4n) is 1.51. The summed E-state index contributed by atoms with van der Waals surface area (Å²) in [4.78, 5) is 4.35. The van der Waals surface area contributed by atoms with Crippen LogP contribution in [-0.4, -0.2) is 12.1 Å². The van der Waals surface area contributed by atoms with E-state index in [0.29, 0.717) is 10.0 Å². The number of aromatic nitrogens is 1. The quantitative estimate of drug-likeness (QED) is 0.757. The van der Waals surface area contributed by atoms with Crippen LogP contribution in [0.25, 0.3) is 10.9 Å². The van der Waals surface area contributed by atoms with Crippen LogP contribution in [0.3, 0.4) is 0 Å². The third kappa shape index (κ3) is 1.87. The molecule has 0 aliphatic rings. The molecule has 0 atom stereocenters. The Bertz CT molecular complexity index is 525. The number of aryl methyl sites for hydroxylation is 1. The molecule has 4 heteroatoms. The van der Waals surface area contributed by atoms with E-state index in [1.54, 1.807) is 19.2 Å². The van der Waals surface area contributed by atoms with Crippen molar-refractivity contribution in [3.05, 3.63) is 33.9 Å². The topological polar surface area (TPSA) is 22.1 Å². The van der Waals surface area contributed by atoms with Gasteiger partial charge in [-0.25, -0.2) is 0 Å². The fourth-order valence-corrected chi connectivity index (χ4v) is 2.05. The first kappa shape index (κ1) is 10.5. The summed E-state index contributed by atoms with van der Waals surface area (Å²) in [6.07, 6.45) is 0. The fraction of sp³-hybridized carbons (Fsp3) is 0.182. The number of rotatable bonds is 1. The van der Waals surface area contributed by atoms with Gasteiger partial charge in [-0.2, -0.15) is 0 Å². The maximum atomic E-state index is 6.06. The Morgan fingerprint density at radius 2 is 1.93 bits per heavy atom. The van der Waals surface area contributed by atoms with Gasteiger partial charge in [0.05, 0.1) is 17.6 Å². The van der Waals surface area contributed by atoms with Crippen LogP contribution in [-0.2, 0) is 0 Å². The van der Waals surface area contributed by atoms with E-state index in [0.717, 1.165) is 22.3 Å². The highest BCUT2D eigenvalue weighted by Crippen LogP contribution is 2.32. The molecule has 1 aromatic carbocycles. The smallest absolute Gasteiger partial charge is 0.130 e. The molecule has 0 unspecified atom stereocenters. The summed E-state index contributed by atoms with van der Waals surface area (Å²) in [7, 11) is 1.61. The predicted molar refractivity (Wildman–Crippen MR) is 63.1 cm³/mol. The molecule has 0 saturated carbocycles. The normalized spacial score (nSPS) is 10.7. The number of pyridine rings is 1. The summed E-state index contributed by atoms with van der Waals surface area (Å²) in [6.45, 7) is 1.90. The average Bonchev–Trinajstić information content (AvgIpc) is 2.18. The van der Waals surface area contributed by atoms with Crippen molar-refractivity contribution in [2.45, 2.75) is 6.92 Å². The Kier molecular flexibility index (Phi) is 2.72. The molecule has 78 valence electrons. The van der Waals surface area contributed by atoms with E-state index in [-0.39, 0.29) is 0 Å². The van der Waals surface area contributed by atoms with Crippen LogP contribution >= 0.6 is 23.2 Å². The van der Waals surface area contributed by atoms with Gasteiger partial charge in [0.2, 0.25) is 0 Å². The maximum absolute atomic E-state index is 6.06. The number of nitrogens with zero attached hydrogens (tertiary/aromatic N) is 1. The molecule has 0 bridgehead atoms. The SMILES string of the molecule is COc1cc(C)nc2c(Cl)cc(Cl)cc12. The highest BCUT2D eigenvalue weighted by Gasteiger charge is 2.08. The first-order chi connectivity index (χ1) is 7.11. The highest BCUT2D eigenvalue weighted by molar-refractivity contribution is 6.38. The van der Waals surface area contributed by atoms with E-state index in [4.69, 9.17) is 27.9 Å². The van der Waals surface area contributed by atoms with Gasteiger partial charge >= 0.3 is 0 Å². The molecular formula is C11H9Cl2NO. The zero-order valence-corrected chi connectivity index (χ0v) is 9.86. The second-order valence-corrected chi connectivity index (χ2v) is 4.09. The third-order valence-corrected chi connectivity index (χ3v) is 2.65. The average molecular weight is 242 g/mol. The van der Waals surface area contributed by atoms with Gasteiger partial charge in [0.25, 0.3) is 0 Å². The Labute approximate surface area is 97.8 Å². The zero-order chi connectivity index (χ0) is 11.0. The van der Waals surface area contributed by atoms with E-state index in [1.165, 1.54) is 0 Å². The van der Waals surface area contributed by atoms with Crippen LogP contribution < -0.4 is 4.74 Å². The van der Waals surface area contributed by atoms with Crippen molar-refractivity contribution in [3.63, 3.8) is 0 Å².